The molecule has 186 valence electrons. The van der Waals surface area contributed by atoms with Gasteiger partial charge in [-0.15, -0.1) is 0 Å². The van der Waals surface area contributed by atoms with Crippen molar-refractivity contribution in [3.8, 4) is 6.07 Å². The third-order valence-corrected chi connectivity index (χ3v) is 7.92. The molecule has 8 heteroatoms. The number of fused-ring (bicyclic) bond motifs is 2. The van der Waals surface area contributed by atoms with E-state index in [1.54, 1.807) is 6.20 Å². The van der Waals surface area contributed by atoms with E-state index in [2.05, 4.69) is 73.2 Å². The molecule has 8 nitrogen and oxygen atoms in total. The number of nitriles is 1. The lowest BCUT2D eigenvalue weighted by Crippen LogP contribution is -2.65. The maximum absolute atomic E-state index is 9.55. The minimum absolute atomic E-state index is 0.459. The molecule has 0 spiro atoms. The maximum Gasteiger partial charge on any atom is 0.128 e. The maximum atomic E-state index is 9.55. The Hall–Kier alpha value is -3.25. The van der Waals surface area contributed by atoms with E-state index in [1.807, 2.05) is 12.1 Å². The van der Waals surface area contributed by atoms with Gasteiger partial charge in [0.2, 0.25) is 0 Å². The molecule has 3 fully saturated rings. The zero-order chi connectivity index (χ0) is 24.5. The number of nitrogens with one attached hydrogen (secondary N) is 1. The van der Waals surface area contributed by atoms with Gasteiger partial charge in [-0.05, 0) is 43.3 Å². The Kier molecular flexibility index (Phi) is 6.45. The highest BCUT2D eigenvalue weighted by molar-refractivity contribution is 5.95. The Balaban J connectivity index is 1.18. The number of anilines is 2. The summed E-state index contributed by atoms with van der Waals surface area (Å²) in [6.07, 6.45) is 1.78. The van der Waals surface area contributed by atoms with Crippen LogP contribution in [0.1, 0.15) is 18.2 Å². The Morgan fingerprint density at radius 2 is 1.86 bits per heavy atom. The largest absolute Gasteiger partial charge is 0.368 e. The van der Waals surface area contributed by atoms with Gasteiger partial charge in [0.25, 0.3) is 0 Å². The van der Waals surface area contributed by atoms with Crippen LogP contribution in [-0.4, -0.2) is 90.8 Å². The van der Waals surface area contributed by atoms with Crippen LogP contribution >= 0.6 is 0 Å². The van der Waals surface area contributed by atoms with Crippen molar-refractivity contribution in [3.05, 3.63) is 59.9 Å². The van der Waals surface area contributed by atoms with E-state index in [0.717, 1.165) is 87.9 Å². The van der Waals surface area contributed by atoms with Gasteiger partial charge < -0.3 is 15.1 Å². The third kappa shape index (κ3) is 4.50. The lowest BCUT2D eigenvalue weighted by atomic mass is 10.0. The van der Waals surface area contributed by atoms with E-state index in [0.29, 0.717) is 17.6 Å². The summed E-state index contributed by atoms with van der Waals surface area (Å²) in [5.41, 5.74) is 3.78. The highest BCUT2D eigenvalue weighted by atomic mass is 15.4. The molecule has 0 amide bonds. The first-order valence-corrected chi connectivity index (χ1v) is 13.1. The highest BCUT2D eigenvalue weighted by Crippen LogP contribution is 2.32. The van der Waals surface area contributed by atoms with Crippen LogP contribution < -0.4 is 15.1 Å². The Bertz CT molecular complexity index is 1260. The molecule has 0 bridgehead atoms. The summed E-state index contributed by atoms with van der Waals surface area (Å²) in [6, 6.07) is 17.8. The predicted octanol–water partition coefficient (Wildman–Crippen LogP) is 2.31. The van der Waals surface area contributed by atoms with Crippen LogP contribution in [0.5, 0.6) is 0 Å². The molecule has 0 saturated carbocycles. The number of pyridine rings is 2. The van der Waals surface area contributed by atoms with Gasteiger partial charge in [0.05, 0.1) is 16.8 Å². The molecule has 3 saturated heterocycles. The van der Waals surface area contributed by atoms with Gasteiger partial charge in [0.15, 0.2) is 0 Å². The molecule has 1 aromatic carbocycles. The summed E-state index contributed by atoms with van der Waals surface area (Å²) in [5.74, 6) is 1.10. The molecule has 1 N–H and O–H groups in total. The predicted molar refractivity (Wildman–Crippen MR) is 143 cm³/mol. The molecular formula is C28H34N8. The van der Waals surface area contributed by atoms with Gasteiger partial charge in [0, 0.05) is 94.8 Å². The quantitative estimate of drug-likeness (QED) is 0.607. The average molecular weight is 483 g/mol. The summed E-state index contributed by atoms with van der Waals surface area (Å²) in [7, 11) is 0. The minimum Gasteiger partial charge on any atom is -0.368 e. The van der Waals surface area contributed by atoms with Gasteiger partial charge in [-0.3, -0.25) is 14.8 Å². The molecule has 2 aromatic heterocycles. The molecule has 2 unspecified atom stereocenters. The van der Waals surface area contributed by atoms with Crippen LogP contribution in [0.25, 0.3) is 10.9 Å². The van der Waals surface area contributed by atoms with Gasteiger partial charge in [-0.1, -0.05) is 6.07 Å². The van der Waals surface area contributed by atoms with E-state index in [4.69, 9.17) is 4.98 Å². The molecule has 3 aliphatic heterocycles. The second kappa shape index (κ2) is 10.0. The first-order valence-electron chi connectivity index (χ1n) is 13.1. The summed E-state index contributed by atoms with van der Waals surface area (Å²) < 4.78 is 0. The molecule has 5 heterocycles. The summed E-state index contributed by atoms with van der Waals surface area (Å²) in [4.78, 5) is 19.7. The van der Waals surface area contributed by atoms with Crippen molar-refractivity contribution in [1.82, 2.24) is 25.1 Å². The lowest BCUT2D eigenvalue weighted by Gasteiger charge is -2.51. The fourth-order valence-electron chi connectivity index (χ4n) is 6.15. The number of nitrogens with zero attached hydrogens (tertiary/aromatic N) is 7. The van der Waals surface area contributed by atoms with E-state index in [-0.39, 0.29) is 0 Å². The lowest BCUT2D eigenvalue weighted by molar-refractivity contribution is 0.0313. The van der Waals surface area contributed by atoms with E-state index in [9.17, 15) is 5.26 Å². The Morgan fingerprint density at radius 1 is 0.972 bits per heavy atom. The number of aromatic nitrogens is 2. The summed E-state index contributed by atoms with van der Waals surface area (Å²) >= 11 is 0. The second-order valence-electron chi connectivity index (χ2n) is 10.2. The molecular weight excluding hydrogens is 448 g/mol. The van der Waals surface area contributed by atoms with Crippen LogP contribution in [0.4, 0.5) is 11.5 Å². The molecule has 0 aliphatic carbocycles. The van der Waals surface area contributed by atoms with Gasteiger partial charge in [0.1, 0.15) is 11.9 Å². The SMILES string of the molecule is CC1CN(c2ccc(C#N)c3ncccc23)CC2CN(Cc3cccc(N4CCNCC4)n3)CCN12. The van der Waals surface area contributed by atoms with Crippen molar-refractivity contribution in [2.24, 2.45) is 0 Å². The van der Waals surface area contributed by atoms with E-state index in [1.165, 1.54) is 5.69 Å². The summed E-state index contributed by atoms with van der Waals surface area (Å²) in [5, 5.41) is 14.0. The van der Waals surface area contributed by atoms with Crippen molar-refractivity contribution < 1.29 is 0 Å². The molecule has 3 aliphatic rings. The topological polar surface area (TPSA) is 74.6 Å². The van der Waals surface area contributed by atoms with E-state index < -0.39 is 0 Å². The van der Waals surface area contributed by atoms with Crippen molar-refractivity contribution in [2.45, 2.75) is 25.6 Å². The number of benzene rings is 1. The zero-order valence-corrected chi connectivity index (χ0v) is 21.0. The number of hydrogen-bond donors (Lipinski definition) is 1. The van der Waals surface area contributed by atoms with Crippen LogP contribution in [0.2, 0.25) is 0 Å². The molecule has 2 atom stereocenters. The number of rotatable bonds is 4. The monoisotopic (exact) mass is 482 g/mol. The third-order valence-electron chi connectivity index (χ3n) is 7.92. The number of piperazine rings is 3. The second-order valence-corrected chi connectivity index (χ2v) is 10.2. The minimum atomic E-state index is 0.459. The van der Waals surface area contributed by atoms with Crippen molar-refractivity contribution in [3.63, 3.8) is 0 Å². The highest BCUT2D eigenvalue weighted by Gasteiger charge is 2.36. The molecule has 0 radical (unpaired) electrons. The van der Waals surface area contributed by atoms with Crippen molar-refractivity contribution in [2.75, 3.05) is 68.7 Å². The first-order chi connectivity index (χ1) is 17.7. The molecule has 6 rings (SSSR count). The van der Waals surface area contributed by atoms with Crippen molar-refractivity contribution in [1.29, 1.82) is 5.26 Å². The van der Waals surface area contributed by atoms with Crippen LogP contribution in [0.15, 0.2) is 48.7 Å². The normalized spacial score (nSPS) is 23.4. The Morgan fingerprint density at radius 3 is 2.72 bits per heavy atom. The van der Waals surface area contributed by atoms with E-state index >= 15 is 0 Å². The zero-order valence-electron chi connectivity index (χ0n) is 21.0. The fourth-order valence-corrected chi connectivity index (χ4v) is 6.15. The van der Waals surface area contributed by atoms with Crippen LogP contribution in [0, 0.1) is 11.3 Å². The molecule has 36 heavy (non-hydrogen) atoms. The smallest absolute Gasteiger partial charge is 0.128 e. The first kappa shape index (κ1) is 23.2. The van der Waals surface area contributed by atoms with Crippen LogP contribution in [-0.2, 0) is 6.54 Å². The van der Waals surface area contributed by atoms with Gasteiger partial charge in [-0.25, -0.2) is 4.98 Å². The Labute approximate surface area is 213 Å². The van der Waals surface area contributed by atoms with Gasteiger partial charge >= 0.3 is 0 Å². The van der Waals surface area contributed by atoms with Crippen molar-refractivity contribution >= 4 is 22.4 Å². The standard InChI is InChI=1S/C28H34N8/c1-21-17-35(26-8-7-22(16-29)28-25(26)5-3-9-31-28)20-24-19-33(14-15-36(21)24)18-23-4-2-6-27(32-23)34-12-10-30-11-13-34/h2-9,21,24,30H,10-15,17-20H2,1H3. The number of hydrogen-bond acceptors (Lipinski definition) is 8. The fraction of sp³-hybridized carbons (Fsp3) is 0.464. The molecule has 3 aromatic rings. The average Bonchev–Trinajstić information content (AvgIpc) is 2.93. The van der Waals surface area contributed by atoms with Gasteiger partial charge in [-0.2, -0.15) is 5.26 Å². The van der Waals surface area contributed by atoms with Crippen LogP contribution in [0.3, 0.4) is 0 Å². The summed E-state index contributed by atoms with van der Waals surface area (Å²) in [6.45, 7) is 12.5.